The van der Waals surface area contributed by atoms with Gasteiger partial charge in [-0.05, 0) is 17.2 Å². The standard InChI is InChI=1S/C8H9N7OS/c1-2-15-7(5-6(10)14-16-13-5)11-12-8(15)17-4-3-9/h2,4H2,1H3,(H2,10,14). The lowest BCUT2D eigenvalue weighted by Gasteiger charge is -2.03. The minimum absolute atomic E-state index is 0.170. The van der Waals surface area contributed by atoms with E-state index >= 15 is 0 Å². The van der Waals surface area contributed by atoms with Crippen LogP contribution in [0.3, 0.4) is 0 Å². The average Bonchev–Trinajstić information content (AvgIpc) is 2.91. The van der Waals surface area contributed by atoms with Crippen LogP contribution in [-0.4, -0.2) is 30.8 Å². The van der Waals surface area contributed by atoms with Gasteiger partial charge in [0.2, 0.25) is 0 Å². The molecule has 2 aromatic rings. The highest BCUT2D eigenvalue weighted by molar-refractivity contribution is 7.99. The fourth-order valence-electron chi connectivity index (χ4n) is 1.30. The molecule has 2 N–H and O–H groups in total. The van der Waals surface area contributed by atoms with Crippen molar-refractivity contribution in [2.24, 2.45) is 0 Å². The van der Waals surface area contributed by atoms with E-state index in [0.717, 1.165) is 0 Å². The van der Waals surface area contributed by atoms with Crippen LogP contribution in [0.25, 0.3) is 11.5 Å². The predicted octanol–water partition coefficient (Wildman–Crippen LogP) is 0.546. The lowest BCUT2D eigenvalue weighted by Crippen LogP contribution is -2.01. The van der Waals surface area contributed by atoms with Crippen LogP contribution in [0.2, 0.25) is 0 Å². The second-order valence-electron chi connectivity index (χ2n) is 3.00. The molecule has 0 spiro atoms. The minimum Gasteiger partial charge on any atom is -0.379 e. The third-order valence-electron chi connectivity index (χ3n) is 2.02. The molecule has 0 unspecified atom stereocenters. The fraction of sp³-hybridized carbons (Fsp3) is 0.375. The Kier molecular flexibility index (Phi) is 3.24. The van der Waals surface area contributed by atoms with Gasteiger partial charge in [0.15, 0.2) is 22.5 Å². The number of nitrogens with two attached hydrogens (primary N) is 1. The lowest BCUT2D eigenvalue weighted by molar-refractivity contribution is 0.310. The van der Waals surface area contributed by atoms with Crippen molar-refractivity contribution in [3.8, 4) is 17.6 Å². The first kappa shape index (κ1) is 11.4. The molecule has 17 heavy (non-hydrogen) atoms. The number of hydrogen-bond donors (Lipinski definition) is 1. The summed E-state index contributed by atoms with van der Waals surface area (Å²) in [5.41, 5.74) is 5.96. The number of nitrogen functional groups attached to an aromatic ring is 1. The molecular formula is C8H9N7OS. The number of nitrogens with zero attached hydrogens (tertiary/aromatic N) is 6. The zero-order valence-electron chi connectivity index (χ0n) is 8.99. The Balaban J connectivity index is 2.40. The molecule has 0 saturated heterocycles. The summed E-state index contributed by atoms with van der Waals surface area (Å²) >= 11 is 1.30. The molecule has 0 bridgehead atoms. The summed E-state index contributed by atoms with van der Waals surface area (Å²) in [5.74, 6) is 0.973. The summed E-state index contributed by atoms with van der Waals surface area (Å²) in [6.07, 6.45) is 0. The molecule has 0 aliphatic rings. The molecule has 0 saturated carbocycles. The van der Waals surface area contributed by atoms with E-state index in [1.807, 2.05) is 13.0 Å². The molecular weight excluding hydrogens is 242 g/mol. The highest BCUT2D eigenvalue weighted by Crippen LogP contribution is 2.24. The van der Waals surface area contributed by atoms with Gasteiger partial charge in [0.25, 0.3) is 0 Å². The Labute approximate surface area is 101 Å². The van der Waals surface area contributed by atoms with Gasteiger partial charge in [-0.25, -0.2) is 4.63 Å². The van der Waals surface area contributed by atoms with E-state index in [0.29, 0.717) is 29.0 Å². The first-order chi connectivity index (χ1) is 8.27. The first-order valence-electron chi connectivity index (χ1n) is 4.79. The molecule has 88 valence electrons. The van der Waals surface area contributed by atoms with Crippen molar-refractivity contribution in [2.75, 3.05) is 11.5 Å². The number of thioether (sulfide) groups is 1. The summed E-state index contributed by atoms with van der Waals surface area (Å²) in [7, 11) is 0. The lowest BCUT2D eigenvalue weighted by atomic mass is 10.4. The zero-order chi connectivity index (χ0) is 12.3. The van der Waals surface area contributed by atoms with Crippen molar-refractivity contribution in [3.05, 3.63) is 0 Å². The Hall–Kier alpha value is -2.08. The van der Waals surface area contributed by atoms with Crippen LogP contribution in [-0.2, 0) is 6.54 Å². The van der Waals surface area contributed by atoms with E-state index < -0.39 is 0 Å². The number of nitriles is 1. The van der Waals surface area contributed by atoms with Crippen LogP contribution < -0.4 is 5.73 Å². The van der Waals surface area contributed by atoms with Crippen molar-refractivity contribution < 1.29 is 4.63 Å². The van der Waals surface area contributed by atoms with Crippen LogP contribution >= 0.6 is 11.8 Å². The predicted molar refractivity (Wildman–Crippen MR) is 59.7 cm³/mol. The van der Waals surface area contributed by atoms with Gasteiger partial charge in [0.05, 0.1) is 11.8 Å². The third-order valence-corrected chi connectivity index (χ3v) is 2.86. The molecule has 2 aromatic heterocycles. The maximum absolute atomic E-state index is 8.54. The van der Waals surface area contributed by atoms with Crippen molar-refractivity contribution in [1.82, 2.24) is 25.1 Å². The topological polar surface area (TPSA) is 119 Å². The molecule has 0 atom stereocenters. The summed E-state index contributed by atoms with van der Waals surface area (Å²) in [6, 6.07) is 2.03. The molecule has 2 heterocycles. The van der Waals surface area contributed by atoms with E-state index in [-0.39, 0.29) is 5.82 Å². The Morgan fingerprint density at radius 1 is 1.47 bits per heavy atom. The van der Waals surface area contributed by atoms with Crippen molar-refractivity contribution in [3.63, 3.8) is 0 Å². The second-order valence-corrected chi connectivity index (χ2v) is 3.94. The van der Waals surface area contributed by atoms with Gasteiger partial charge in [-0.2, -0.15) is 5.26 Å². The molecule has 2 rings (SSSR count). The van der Waals surface area contributed by atoms with Crippen molar-refractivity contribution in [1.29, 1.82) is 5.26 Å². The Morgan fingerprint density at radius 2 is 2.29 bits per heavy atom. The van der Waals surface area contributed by atoms with Gasteiger partial charge in [0.1, 0.15) is 0 Å². The van der Waals surface area contributed by atoms with Gasteiger partial charge in [-0.15, -0.1) is 10.2 Å². The van der Waals surface area contributed by atoms with E-state index in [4.69, 9.17) is 11.0 Å². The van der Waals surface area contributed by atoms with Crippen LogP contribution in [0.15, 0.2) is 9.79 Å². The van der Waals surface area contributed by atoms with Crippen LogP contribution in [0.1, 0.15) is 6.92 Å². The summed E-state index contributed by atoms with van der Waals surface area (Å²) in [5, 5.41) is 24.3. The maximum Gasteiger partial charge on any atom is 0.199 e. The molecule has 0 fully saturated rings. The van der Waals surface area contributed by atoms with Crippen LogP contribution in [0.5, 0.6) is 0 Å². The van der Waals surface area contributed by atoms with E-state index in [2.05, 4.69) is 25.1 Å². The summed E-state index contributed by atoms with van der Waals surface area (Å²) in [6.45, 7) is 2.58. The van der Waals surface area contributed by atoms with Gasteiger partial charge < -0.3 is 10.3 Å². The summed E-state index contributed by atoms with van der Waals surface area (Å²) in [4.78, 5) is 0. The van der Waals surface area contributed by atoms with E-state index in [1.165, 1.54) is 11.8 Å². The molecule has 9 heteroatoms. The number of aromatic nitrogens is 5. The zero-order valence-corrected chi connectivity index (χ0v) is 9.81. The molecule has 8 nitrogen and oxygen atoms in total. The van der Waals surface area contributed by atoms with Gasteiger partial charge >= 0.3 is 0 Å². The smallest absolute Gasteiger partial charge is 0.199 e. The summed E-state index contributed by atoms with van der Waals surface area (Å²) < 4.78 is 6.33. The first-order valence-corrected chi connectivity index (χ1v) is 5.77. The van der Waals surface area contributed by atoms with Gasteiger partial charge in [-0.1, -0.05) is 11.8 Å². The highest BCUT2D eigenvalue weighted by Gasteiger charge is 2.19. The van der Waals surface area contributed by atoms with Crippen LogP contribution in [0, 0.1) is 11.3 Å². The van der Waals surface area contributed by atoms with Crippen molar-refractivity contribution in [2.45, 2.75) is 18.6 Å². The Morgan fingerprint density at radius 3 is 2.88 bits per heavy atom. The molecule has 0 aromatic carbocycles. The van der Waals surface area contributed by atoms with E-state index in [9.17, 15) is 0 Å². The number of hydrogen-bond acceptors (Lipinski definition) is 8. The maximum atomic E-state index is 8.54. The van der Waals surface area contributed by atoms with E-state index in [1.54, 1.807) is 4.57 Å². The number of rotatable bonds is 4. The molecule has 0 amide bonds. The normalized spacial score (nSPS) is 10.4. The second kappa shape index (κ2) is 4.84. The third kappa shape index (κ3) is 2.07. The fourth-order valence-corrected chi connectivity index (χ4v) is 1.97. The van der Waals surface area contributed by atoms with Gasteiger partial charge in [-0.3, -0.25) is 0 Å². The molecule has 0 aliphatic heterocycles. The van der Waals surface area contributed by atoms with Gasteiger partial charge in [0, 0.05) is 6.54 Å². The largest absolute Gasteiger partial charge is 0.379 e. The SMILES string of the molecule is CCn1c(SCC#N)nnc1-c1nonc1N. The minimum atomic E-state index is 0.170. The average molecular weight is 251 g/mol. The molecule has 0 aliphatic carbocycles. The monoisotopic (exact) mass is 251 g/mol. The quantitative estimate of drug-likeness (QED) is 0.782. The molecule has 0 radical (unpaired) electrons. The van der Waals surface area contributed by atoms with Crippen LogP contribution in [0.4, 0.5) is 5.82 Å². The van der Waals surface area contributed by atoms with Crippen molar-refractivity contribution >= 4 is 17.6 Å². The number of anilines is 1. The highest BCUT2D eigenvalue weighted by atomic mass is 32.2. The Bertz CT molecular complexity index is 554.